The Morgan fingerprint density at radius 3 is 1.57 bits per heavy atom. The van der Waals surface area contributed by atoms with Gasteiger partial charge in [-0.25, -0.2) is 0 Å². The largest absolute Gasteiger partial charge is 0.0683 e. The third-order valence-corrected chi connectivity index (χ3v) is 4.48. The maximum Gasteiger partial charge on any atom is -0.0334 e. The fraction of sp³-hybridized carbons (Fsp3) is 1.00. The van der Waals surface area contributed by atoms with Gasteiger partial charge in [-0.05, 0) is 55.3 Å². The highest BCUT2D eigenvalue weighted by Gasteiger charge is 2.41. The Morgan fingerprint density at radius 2 is 1.29 bits per heavy atom. The molecule has 3 aliphatic rings. The van der Waals surface area contributed by atoms with Gasteiger partial charge in [-0.15, -0.1) is 0 Å². The Labute approximate surface area is 90.5 Å². The Balaban J connectivity index is 0.000000461. The van der Waals surface area contributed by atoms with Crippen molar-refractivity contribution in [3.05, 3.63) is 0 Å². The first-order valence-corrected chi connectivity index (χ1v) is 6.70. The number of rotatable bonds is 1. The first-order valence-electron chi connectivity index (χ1n) is 6.70. The summed E-state index contributed by atoms with van der Waals surface area (Å²) in [4.78, 5) is 0. The molecule has 0 aromatic heterocycles. The summed E-state index contributed by atoms with van der Waals surface area (Å²) in [6.45, 7) is 11.3. The van der Waals surface area contributed by atoms with Crippen molar-refractivity contribution < 1.29 is 0 Å². The van der Waals surface area contributed by atoms with Gasteiger partial charge < -0.3 is 0 Å². The molecule has 0 amide bonds. The number of fused-ring (bicyclic) bond motifs is 3. The maximum absolute atomic E-state index is 2.50. The minimum atomic E-state index is 0.924. The lowest BCUT2D eigenvalue weighted by molar-refractivity contribution is 0.00673. The lowest BCUT2D eigenvalue weighted by Gasteiger charge is -2.49. The second-order valence-corrected chi connectivity index (χ2v) is 5.36. The van der Waals surface area contributed by atoms with E-state index in [1.807, 2.05) is 13.8 Å². The van der Waals surface area contributed by atoms with E-state index in [9.17, 15) is 0 Å². The van der Waals surface area contributed by atoms with Crippen molar-refractivity contribution in [2.75, 3.05) is 0 Å². The van der Waals surface area contributed by atoms with Gasteiger partial charge in [0.25, 0.3) is 0 Å². The molecular formula is C14H28. The molecule has 0 heterocycles. The summed E-state index contributed by atoms with van der Waals surface area (Å²) in [6, 6.07) is 0. The van der Waals surface area contributed by atoms with Gasteiger partial charge in [-0.3, -0.25) is 0 Å². The number of hydrogen-bond acceptors (Lipinski definition) is 0. The number of hydrogen-bond donors (Lipinski definition) is 0. The van der Waals surface area contributed by atoms with Crippen LogP contribution in [0, 0.1) is 29.6 Å². The quantitative estimate of drug-likeness (QED) is 0.568. The van der Waals surface area contributed by atoms with E-state index in [4.69, 9.17) is 0 Å². The van der Waals surface area contributed by atoms with Crippen LogP contribution in [0.5, 0.6) is 0 Å². The summed E-state index contributed by atoms with van der Waals surface area (Å²) in [7, 11) is 0. The van der Waals surface area contributed by atoms with Gasteiger partial charge in [0.1, 0.15) is 0 Å². The van der Waals surface area contributed by atoms with Crippen molar-refractivity contribution in [1.29, 1.82) is 0 Å². The minimum absolute atomic E-state index is 0.924. The van der Waals surface area contributed by atoms with Gasteiger partial charge in [0.15, 0.2) is 0 Å². The van der Waals surface area contributed by atoms with E-state index in [0.717, 1.165) is 29.6 Å². The van der Waals surface area contributed by atoms with E-state index in [1.54, 1.807) is 0 Å². The van der Waals surface area contributed by atoms with E-state index in [1.165, 1.54) is 25.7 Å². The van der Waals surface area contributed by atoms with Crippen LogP contribution in [0.3, 0.4) is 0 Å². The average molecular weight is 196 g/mol. The second-order valence-electron chi connectivity index (χ2n) is 5.36. The summed E-state index contributed by atoms with van der Waals surface area (Å²) in [5, 5.41) is 0. The molecule has 0 saturated heterocycles. The fourth-order valence-electron chi connectivity index (χ4n) is 3.95. The highest BCUT2D eigenvalue weighted by atomic mass is 14.5. The Morgan fingerprint density at radius 1 is 0.857 bits per heavy atom. The van der Waals surface area contributed by atoms with Gasteiger partial charge in [0.05, 0.1) is 0 Å². The Bertz CT molecular complexity index is 149. The smallest absolute Gasteiger partial charge is 0.0334 e. The molecule has 0 radical (unpaired) electrons. The zero-order valence-corrected chi connectivity index (χ0v) is 10.7. The Kier molecular flexibility index (Phi) is 4.47. The molecule has 0 heteroatoms. The third-order valence-electron chi connectivity index (χ3n) is 4.48. The van der Waals surface area contributed by atoms with Crippen LogP contribution in [0.4, 0.5) is 0 Å². The van der Waals surface area contributed by atoms with Crippen molar-refractivity contribution in [2.45, 2.75) is 60.3 Å². The molecule has 3 aliphatic carbocycles. The average Bonchev–Trinajstić information content (AvgIpc) is 2.21. The molecule has 2 atom stereocenters. The predicted octanol–water partition coefficient (Wildman–Crippen LogP) is 4.74. The van der Waals surface area contributed by atoms with Crippen LogP contribution in [0.25, 0.3) is 0 Å². The third kappa shape index (κ3) is 2.15. The molecule has 3 fully saturated rings. The normalized spacial score (nSPS) is 40.7. The van der Waals surface area contributed by atoms with Crippen molar-refractivity contribution in [1.82, 2.24) is 0 Å². The van der Waals surface area contributed by atoms with Gasteiger partial charge >= 0.3 is 0 Å². The van der Waals surface area contributed by atoms with Gasteiger partial charge in [0.2, 0.25) is 0 Å². The van der Waals surface area contributed by atoms with E-state index in [-0.39, 0.29) is 0 Å². The molecule has 0 aromatic rings. The monoisotopic (exact) mass is 196 g/mol. The van der Waals surface area contributed by atoms with Gasteiger partial charge in [0, 0.05) is 0 Å². The first-order chi connectivity index (χ1) is 6.70. The van der Waals surface area contributed by atoms with Crippen molar-refractivity contribution in [3.8, 4) is 0 Å². The SMILES string of the molecule is CC.CC(C)C1C2CCC(CC2)C1C. The van der Waals surface area contributed by atoms with E-state index in [0.29, 0.717) is 0 Å². The molecule has 2 unspecified atom stereocenters. The minimum Gasteiger partial charge on any atom is -0.0683 e. The summed E-state index contributed by atoms with van der Waals surface area (Å²) in [5.41, 5.74) is 0. The van der Waals surface area contributed by atoms with Crippen LogP contribution in [0.1, 0.15) is 60.3 Å². The van der Waals surface area contributed by atoms with Crippen molar-refractivity contribution >= 4 is 0 Å². The lowest BCUT2D eigenvalue weighted by Crippen LogP contribution is -2.40. The molecule has 0 aromatic carbocycles. The predicted molar refractivity (Wildman–Crippen MR) is 64.3 cm³/mol. The highest BCUT2D eigenvalue weighted by Crippen LogP contribution is 2.51. The van der Waals surface area contributed by atoms with Crippen LogP contribution < -0.4 is 0 Å². The van der Waals surface area contributed by atoms with Crippen LogP contribution >= 0.6 is 0 Å². The van der Waals surface area contributed by atoms with Crippen molar-refractivity contribution in [2.24, 2.45) is 29.6 Å². The van der Waals surface area contributed by atoms with Crippen molar-refractivity contribution in [3.63, 3.8) is 0 Å². The molecular weight excluding hydrogens is 168 g/mol. The standard InChI is InChI=1S/C12H22.C2H6/c1-8(2)12-9(3)10-4-6-11(12)7-5-10;1-2/h8-12H,4-7H2,1-3H3;1-2H3. The Hall–Kier alpha value is 0. The topological polar surface area (TPSA) is 0 Å². The van der Waals surface area contributed by atoms with Gasteiger partial charge in [-0.1, -0.05) is 34.6 Å². The van der Waals surface area contributed by atoms with E-state index >= 15 is 0 Å². The van der Waals surface area contributed by atoms with Crippen LogP contribution in [-0.2, 0) is 0 Å². The molecule has 84 valence electrons. The first kappa shape index (κ1) is 12.1. The van der Waals surface area contributed by atoms with Crippen LogP contribution in [0.2, 0.25) is 0 Å². The van der Waals surface area contributed by atoms with Crippen LogP contribution in [-0.4, -0.2) is 0 Å². The summed E-state index contributed by atoms with van der Waals surface area (Å²) in [6.07, 6.45) is 6.15. The van der Waals surface area contributed by atoms with E-state index < -0.39 is 0 Å². The van der Waals surface area contributed by atoms with Crippen LogP contribution in [0.15, 0.2) is 0 Å². The van der Waals surface area contributed by atoms with Gasteiger partial charge in [-0.2, -0.15) is 0 Å². The lowest BCUT2D eigenvalue weighted by atomic mass is 9.56. The zero-order chi connectivity index (χ0) is 10.7. The summed E-state index contributed by atoms with van der Waals surface area (Å²) in [5.74, 6) is 5.18. The molecule has 0 N–H and O–H groups in total. The molecule has 2 bridgehead atoms. The molecule has 14 heavy (non-hydrogen) atoms. The maximum atomic E-state index is 2.50. The van der Waals surface area contributed by atoms with E-state index in [2.05, 4.69) is 20.8 Å². The summed E-state index contributed by atoms with van der Waals surface area (Å²) >= 11 is 0. The summed E-state index contributed by atoms with van der Waals surface area (Å²) < 4.78 is 0. The molecule has 0 spiro atoms. The molecule has 0 nitrogen and oxygen atoms in total. The molecule has 0 aliphatic heterocycles. The molecule has 3 saturated carbocycles. The second kappa shape index (κ2) is 5.19. The highest BCUT2D eigenvalue weighted by molar-refractivity contribution is 4.91. The fourth-order valence-corrected chi connectivity index (χ4v) is 3.95. The molecule has 3 rings (SSSR count). The zero-order valence-electron chi connectivity index (χ0n) is 10.7.